The maximum atomic E-state index is 12.1. The van der Waals surface area contributed by atoms with Crippen LogP contribution < -0.4 is 10.6 Å². The fourth-order valence-electron chi connectivity index (χ4n) is 1.90. The Hall–Kier alpha value is -1.20. The molecule has 1 aromatic carbocycles. The number of carbonyl (C=O) groups excluding carboxylic acids is 1. The van der Waals surface area contributed by atoms with Gasteiger partial charge in [-0.1, -0.05) is 0 Å². The second kappa shape index (κ2) is 6.11. The lowest BCUT2D eigenvalue weighted by Crippen LogP contribution is -2.42. The average molecular weight is 265 g/mol. The van der Waals surface area contributed by atoms with Gasteiger partial charge in [-0.15, -0.1) is 0 Å². The fourth-order valence-corrected chi connectivity index (χ4v) is 2.88. The minimum Gasteiger partial charge on any atom is -0.399 e. The molecule has 4 nitrogen and oxygen atoms in total. The predicted octanol–water partition coefficient (Wildman–Crippen LogP) is 1.28. The summed E-state index contributed by atoms with van der Waals surface area (Å²) in [6.07, 6.45) is 0. The van der Waals surface area contributed by atoms with Gasteiger partial charge in [0.15, 0.2) is 0 Å². The highest BCUT2D eigenvalue weighted by Gasteiger charge is 2.17. The van der Waals surface area contributed by atoms with Crippen molar-refractivity contribution in [3.8, 4) is 0 Å². The number of nitrogens with two attached hydrogens (primary N) is 1. The molecule has 0 spiro atoms. The van der Waals surface area contributed by atoms with Gasteiger partial charge in [0, 0.05) is 43.0 Å². The normalized spacial score (nSPS) is 16.5. The summed E-state index contributed by atoms with van der Waals surface area (Å²) in [5, 5.41) is 0. The van der Waals surface area contributed by atoms with Crippen LogP contribution in [-0.4, -0.2) is 49.0 Å². The van der Waals surface area contributed by atoms with Crippen LogP contribution in [0.3, 0.4) is 0 Å². The molecule has 0 aliphatic carbocycles. The summed E-state index contributed by atoms with van der Waals surface area (Å²) in [7, 11) is 1.81. The van der Waals surface area contributed by atoms with E-state index in [1.165, 1.54) is 0 Å². The van der Waals surface area contributed by atoms with E-state index < -0.39 is 0 Å². The first-order valence-electron chi connectivity index (χ1n) is 6.09. The molecule has 1 aliphatic rings. The van der Waals surface area contributed by atoms with Gasteiger partial charge in [-0.25, -0.2) is 0 Å². The van der Waals surface area contributed by atoms with Crippen molar-refractivity contribution in [2.24, 2.45) is 0 Å². The van der Waals surface area contributed by atoms with Crippen molar-refractivity contribution >= 4 is 29.0 Å². The third kappa shape index (κ3) is 3.40. The standard InChI is InChI=1S/C13H19N3OS/c1-15(12-4-2-11(14)3-5-12)13(17)10-16-6-8-18-9-7-16/h2-5H,6-10,14H2,1H3. The summed E-state index contributed by atoms with van der Waals surface area (Å²) in [4.78, 5) is 16.1. The lowest BCUT2D eigenvalue weighted by molar-refractivity contribution is -0.119. The average Bonchev–Trinajstić information content (AvgIpc) is 2.40. The molecule has 1 aromatic rings. The van der Waals surface area contributed by atoms with Crippen molar-refractivity contribution in [2.45, 2.75) is 0 Å². The third-order valence-electron chi connectivity index (χ3n) is 3.12. The molecule has 1 heterocycles. The predicted molar refractivity (Wildman–Crippen MR) is 78.0 cm³/mol. The number of likely N-dealkylation sites (N-methyl/N-ethyl adjacent to an activating group) is 1. The van der Waals surface area contributed by atoms with Crippen molar-refractivity contribution in [1.29, 1.82) is 0 Å². The van der Waals surface area contributed by atoms with Gasteiger partial charge in [-0.3, -0.25) is 9.69 Å². The molecule has 5 heteroatoms. The van der Waals surface area contributed by atoms with Gasteiger partial charge in [-0.05, 0) is 24.3 Å². The molecule has 0 radical (unpaired) electrons. The lowest BCUT2D eigenvalue weighted by Gasteiger charge is -2.27. The van der Waals surface area contributed by atoms with Crippen molar-refractivity contribution in [3.63, 3.8) is 0 Å². The van der Waals surface area contributed by atoms with Crippen molar-refractivity contribution < 1.29 is 4.79 Å². The quantitative estimate of drug-likeness (QED) is 0.837. The first kappa shape index (κ1) is 13.2. The number of hydrogen-bond acceptors (Lipinski definition) is 4. The van der Waals surface area contributed by atoms with E-state index in [0.29, 0.717) is 12.2 Å². The Morgan fingerprint density at radius 1 is 1.33 bits per heavy atom. The summed E-state index contributed by atoms with van der Waals surface area (Å²) in [6, 6.07) is 7.38. The number of benzene rings is 1. The first-order chi connectivity index (χ1) is 8.66. The van der Waals surface area contributed by atoms with E-state index in [0.717, 1.165) is 30.3 Å². The number of hydrogen-bond donors (Lipinski definition) is 1. The van der Waals surface area contributed by atoms with Crippen LogP contribution in [0.1, 0.15) is 0 Å². The van der Waals surface area contributed by atoms with E-state index in [2.05, 4.69) is 4.90 Å². The van der Waals surface area contributed by atoms with Crippen LogP contribution in [-0.2, 0) is 4.79 Å². The van der Waals surface area contributed by atoms with Crippen LogP contribution in [0.5, 0.6) is 0 Å². The smallest absolute Gasteiger partial charge is 0.240 e. The molecule has 1 aliphatic heterocycles. The molecule has 1 saturated heterocycles. The fraction of sp³-hybridized carbons (Fsp3) is 0.462. The van der Waals surface area contributed by atoms with Gasteiger partial charge in [-0.2, -0.15) is 11.8 Å². The van der Waals surface area contributed by atoms with Crippen molar-refractivity contribution in [2.75, 3.05) is 48.8 Å². The number of thioether (sulfide) groups is 1. The summed E-state index contributed by atoms with van der Waals surface area (Å²) < 4.78 is 0. The highest BCUT2D eigenvalue weighted by atomic mass is 32.2. The molecule has 2 N–H and O–H groups in total. The molecule has 0 unspecified atom stereocenters. The van der Waals surface area contributed by atoms with Crippen molar-refractivity contribution in [3.05, 3.63) is 24.3 Å². The third-order valence-corrected chi connectivity index (χ3v) is 4.06. The number of anilines is 2. The molecule has 98 valence electrons. The molecule has 2 rings (SSSR count). The minimum atomic E-state index is 0.131. The summed E-state index contributed by atoms with van der Waals surface area (Å²) >= 11 is 1.95. The zero-order chi connectivity index (χ0) is 13.0. The van der Waals surface area contributed by atoms with Crippen LogP contribution in [0.15, 0.2) is 24.3 Å². The van der Waals surface area contributed by atoms with Crippen molar-refractivity contribution in [1.82, 2.24) is 4.90 Å². The Morgan fingerprint density at radius 2 is 1.94 bits per heavy atom. The number of rotatable bonds is 3. The topological polar surface area (TPSA) is 49.6 Å². The Bertz CT molecular complexity index is 401. The number of carbonyl (C=O) groups is 1. The zero-order valence-electron chi connectivity index (χ0n) is 10.6. The largest absolute Gasteiger partial charge is 0.399 e. The monoisotopic (exact) mass is 265 g/mol. The summed E-state index contributed by atoms with van der Waals surface area (Å²) in [5.41, 5.74) is 7.24. The van der Waals surface area contributed by atoms with E-state index >= 15 is 0 Å². The van der Waals surface area contributed by atoms with E-state index in [-0.39, 0.29) is 5.91 Å². The summed E-state index contributed by atoms with van der Waals surface area (Å²) in [5.74, 6) is 2.38. The number of nitrogen functional groups attached to an aromatic ring is 1. The highest BCUT2D eigenvalue weighted by molar-refractivity contribution is 7.99. The Kier molecular flexibility index (Phi) is 4.49. The van der Waals surface area contributed by atoms with Crippen LogP contribution in [0.25, 0.3) is 0 Å². The molecule has 0 aromatic heterocycles. The maximum Gasteiger partial charge on any atom is 0.240 e. The molecule has 0 bridgehead atoms. The highest BCUT2D eigenvalue weighted by Crippen LogP contribution is 2.16. The van der Waals surface area contributed by atoms with Crippen LogP contribution in [0, 0.1) is 0 Å². The molecular weight excluding hydrogens is 246 g/mol. The van der Waals surface area contributed by atoms with E-state index in [4.69, 9.17) is 5.73 Å². The van der Waals surface area contributed by atoms with E-state index in [1.54, 1.807) is 4.90 Å². The SMILES string of the molecule is CN(C(=O)CN1CCSCC1)c1ccc(N)cc1. The van der Waals surface area contributed by atoms with E-state index in [9.17, 15) is 4.79 Å². The first-order valence-corrected chi connectivity index (χ1v) is 7.24. The van der Waals surface area contributed by atoms with Gasteiger partial charge in [0.2, 0.25) is 5.91 Å². The second-order valence-corrected chi connectivity index (χ2v) is 5.66. The Balaban J connectivity index is 1.93. The molecular formula is C13H19N3OS. The molecule has 1 fully saturated rings. The van der Waals surface area contributed by atoms with Gasteiger partial charge >= 0.3 is 0 Å². The van der Waals surface area contributed by atoms with Gasteiger partial charge < -0.3 is 10.6 Å². The van der Waals surface area contributed by atoms with Gasteiger partial charge in [0.05, 0.1) is 6.54 Å². The summed E-state index contributed by atoms with van der Waals surface area (Å²) in [6.45, 7) is 2.51. The lowest BCUT2D eigenvalue weighted by atomic mass is 10.2. The van der Waals surface area contributed by atoms with E-state index in [1.807, 2.05) is 43.1 Å². The van der Waals surface area contributed by atoms with Crippen LogP contribution >= 0.6 is 11.8 Å². The minimum absolute atomic E-state index is 0.131. The number of nitrogens with zero attached hydrogens (tertiary/aromatic N) is 2. The molecule has 0 saturated carbocycles. The maximum absolute atomic E-state index is 12.1. The van der Waals surface area contributed by atoms with Crippen LogP contribution in [0.2, 0.25) is 0 Å². The zero-order valence-corrected chi connectivity index (χ0v) is 11.4. The van der Waals surface area contributed by atoms with Gasteiger partial charge in [0.1, 0.15) is 0 Å². The van der Waals surface area contributed by atoms with Crippen LogP contribution in [0.4, 0.5) is 11.4 Å². The molecule has 1 amide bonds. The molecule has 0 atom stereocenters. The Labute approximate surface area is 112 Å². The number of amides is 1. The molecule has 18 heavy (non-hydrogen) atoms. The Morgan fingerprint density at radius 3 is 2.56 bits per heavy atom. The van der Waals surface area contributed by atoms with Gasteiger partial charge in [0.25, 0.3) is 0 Å². The second-order valence-electron chi connectivity index (χ2n) is 4.43.